The van der Waals surface area contributed by atoms with Crippen LogP contribution in [0.5, 0.6) is 5.88 Å². The average molecular weight is 353 g/mol. The molecule has 2 aromatic rings. The molecule has 0 aliphatic rings. The highest BCUT2D eigenvalue weighted by Gasteiger charge is 2.14. The second-order valence-corrected chi connectivity index (χ2v) is 5.97. The molecule has 0 saturated heterocycles. The van der Waals surface area contributed by atoms with Gasteiger partial charge in [-0.1, -0.05) is 15.9 Å². The summed E-state index contributed by atoms with van der Waals surface area (Å²) in [7, 11) is 0. The Bertz CT molecular complexity index is 619. The second kappa shape index (κ2) is 6.89. The number of anilines is 1. The van der Waals surface area contributed by atoms with E-state index in [4.69, 9.17) is 4.74 Å². The Balaban J connectivity index is 2.23. The van der Waals surface area contributed by atoms with Gasteiger partial charge in [0.1, 0.15) is 5.82 Å². The van der Waals surface area contributed by atoms with Crippen molar-refractivity contribution in [1.29, 1.82) is 0 Å². The Morgan fingerprint density at radius 2 is 2.00 bits per heavy atom. The van der Waals surface area contributed by atoms with Crippen molar-refractivity contribution in [2.75, 3.05) is 5.32 Å². The summed E-state index contributed by atoms with van der Waals surface area (Å²) >= 11 is 3.37. The van der Waals surface area contributed by atoms with Gasteiger partial charge in [-0.3, -0.25) is 0 Å². The van der Waals surface area contributed by atoms with Crippen LogP contribution in [0.1, 0.15) is 32.4 Å². The molecular weight excluding hydrogens is 335 g/mol. The van der Waals surface area contributed by atoms with Crippen LogP contribution in [-0.4, -0.2) is 11.1 Å². The maximum absolute atomic E-state index is 13.9. The third kappa shape index (κ3) is 4.17. The SMILES string of the molecule is CC(C)Oc1ncccc1NC(C)c1cc(Br)ccc1F. The normalized spacial score (nSPS) is 12.3. The molecule has 1 N–H and O–H groups in total. The number of hydrogen-bond acceptors (Lipinski definition) is 3. The van der Waals surface area contributed by atoms with E-state index in [9.17, 15) is 4.39 Å². The Labute approximate surface area is 132 Å². The van der Waals surface area contributed by atoms with E-state index in [-0.39, 0.29) is 18.0 Å². The number of aromatic nitrogens is 1. The molecule has 0 bridgehead atoms. The highest BCUT2D eigenvalue weighted by atomic mass is 79.9. The molecule has 1 aromatic heterocycles. The lowest BCUT2D eigenvalue weighted by molar-refractivity contribution is 0.234. The van der Waals surface area contributed by atoms with E-state index in [1.807, 2.05) is 32.9 Å². The van der Waals surface area contributed by atoms with Crippen molar-refractivity contribution >= 4 is 21.6 Å². The maximum Gasteiger partial charge on any atom is 0.237 e. The summed E-state index contributed by atoms with van der Waals surface area (Å²) in [5.74, 6) is 0.281. The minimum absolute atomic E-state index is 0.0263. The van der Waals surface area contributed by atoms with Crippen molar-refractivity contribution in [3.63, 3.8) is 0 Å². The zero-order valence-corrected chi connectivity index (χ0v) is 13.8. The Morgan fingerprint density at radius 1 is 1.24 bits per heavy atom. The predicted molar refractivity (Wildman–Crippen MR) is 86.1 cm³/mol. The Hall–Kier alpha value is -1.62. The number of halogens is 2. The van der Waals surface area contributed by atoms with E-state index in [0.29, 0.717) is 11.4 Å². The van der Waals surface area contributed by atoms with Gasteiger partial charge >= 0.3 is 0 Å². The number of nitrogens with one attached hydrogen (secondary N) is 1. The van der Waals surface area contributed by atoms with E-state index in [2.05, 4.69) is 26.2 Å². The lowest BCUT2D eigenvalue weighted by Gasteiger charge is -2.19. The smallest absolute Gasteiger partial charge is 0.237 e. The lowest BCUT2D eigenvalue weighted by Crippen LogP contribution is -2.13. The van der Waals surface area contributed by atoms with Gasteiger partial charge in [-0.05, 0) is 51.1 Å². The first-order valence-corrected chi connectivity index (χ1v) is 7.60. The molecule has 0 saturated carbocycles. The van der Waals surface area contributed by atoms with Gasteiger partial charge in [-0.25, -0.2) is 9.37 Å². The molecule has 112 valence electrons. The molecular formula is C16H18BrFN2O. The zero-order chi connectivity index (χ0) is 15.4. The number of nitrogens with zero attached hydrogens (tertiary/aromatic N) is 1. The fourth-order valence-electron chi connectivity index (χ4n) is 1.98. The van der Waals surface area contributed by atoms with Crippen LogP contribution in [0.3, 0.4) is 0 Å². The average Bonchev–Trinajstić information content (AvgIpc) is 2.43. The van der Waals surface area contributed by atoms with E-state index in [1.54, 1.807) is 18.3 Å². The van der Waals surface area contributed by atoms with E-state index >= 15 is 0 Å². The Kier molecular flexibility index (Phi) is 5.17. The van der Waals surface area contributed by atoms with Crippen molar-refractivity contribution in [2.45, 2.75) is 32.9 Å². The van der Waals surface area contributed by atoms with Crippen LogP contribution < -0.4 is 10.1 Å². The molecule has 0 aliphatic heterocycles. The Morgan fingerprint density at radius 3 is 2.71 bits per heavy atom. The summed E-state index contributed by atoms with van der Waals surface area (Å²) in [4.78, 5) is 4.22. The van der Waals surface area contributed by atoms with Crippen molar-refractivity contribution < 1.29 is 9.13 Å². The summed E-state index contributed by atoms with van der Waals surface area (Å²) in [5.41, 5.74) is 1.34. The monoisotopic (exact) mass is 352 g/mol. The minimum atomic E-state index is -0.242. The van der Waals surface area contributed by atoms with E-state index in [1.165, 1.54) is 6.07 Å². The lowest BCUT2D eigenvalue weighted by atomic mass is 10.1. The van der Waals surface area contributed by atoms with Crippen LogP contribution in [-0.2, 0) is 0 Å². The number of benzene rings is 1. The number of rotatable bonds is 5. The summed E-state index contributed by atoms with van der Waals surface area (Å²) in [5, 5.41) is 3.25. The first-order chi connectivity index (χ1) is 9.97. The largest absolute Gasteiger partial charge is 0.473 e. The molecule has 1 unspecified atom stereocenters. The predicted octanol–water partition coefficient (Wildman–Crippen LogP) is 4.94. The molecule has 3 nitrogen and oxygen atoms in total. The van der Waals surface area contributed by atoms with E-state index in [0.717, 1.165) is 10.2 Å². The highest BCUT2D eigenvalue weighted by Crippen LogP contribution is 2.29. The van der Waals surface area contributed by atoms with Crippen LogP contribution >= 0.6 is 15.9 Å². The van der Waals surface area contributed by atoms with Crippen LogP contribution in [0, 0.1) is 5.82 Å². The molecule has 2 rings (SSSR count). The first-order valence-electron chi connectivity index (χ1n) is 6.80. The summed E-state index contributed by atoms with van der Waals surface area (Å²) < 4.78 is 20.4. The van der Waals surface area contributed by atoms with E-state index < -0.39 is 0 Å². The van der Waals surface area contributed by atoms with Crippen molar-refractivity contribution in [3.05, 3.63) is 52.4 Å². The summed E-state index contributed by atoms with van der Waals surface area (Å²) in [6, 6.07) is 8.39. The van der Waals surface area contributed by atoms with Gasteiger partial charge in [-0.2, -0.15) is 0 Å². The van der Waals surface area contributed by atoms with Crippen molar-refractivity contribution in [2.24, 2.45) is 0 Å². The number of hydrogen-bond donors (Lipinski definition) is 1. The van der Waals surface area contributed by atoms with Crippen LogP contribution in [0.25, 0.3) is 0 Å². The molecule has 1 atom stereocenters. The van der Waals surface area contributed by atoms with Gasteiger partial charge in [0.2, 0.25) is 5.88 Å². The second-order valence-electron chi connectivity index (χ2n) is 5.05. The quantitative estimate of drug-likeness (QED) is 0.826. The fraction of sp³-hybridized carbons (Fsp3) is 0.312. The van der Waals surface area contributed by atoms with Gasteiger partial charge in [0.15, 0.2) is 0 Å². The fourth-order valence-corrected chi connectivity index (χ4v) is 2.35. The molecule has 0 amide bonds. The molecule has 5 heteroatoms. The van der Waals surface area contributed by atoms with Gasteiger partial charge in [0.25, 0.3) is 0 Å². The van der Waals surface area contributed by atoms with Gasteiger partial charge in [0, 0.05) is 16.2 Å². The standard InChI is InChI=1S/C16H18BrFN2O/c1-10(2)21-16-15(5-4-8-19-16)20-11(3)13-9-12(17)6-7-14(13)18/h4-11,20H,1-3H3. The van der Waals surface area contributed by atoms with Gasteiger partial charge in [0.05, 0.1) is 17.8 Å². The number of ether oxygens (including phenoxy) is 1. The zero-order valence-electron chi connectivity index (χ0n) is 12.2. The van der Waals surface area contributed by atoms with Crippen LogP contribution in [0.4, 0.5) is 10.1 Å². The molecule has 21 heavy (non-hydrogen) atoms. The summed E-state index contributed by atoms with van der Waals surface area (Å²) in [6.45, 7) is 5.78. The third-order valence-electron chi connectivity index (χ3n) is 2.92. The number of pyridine rings is 1. The maximum atomic E-state index is 13.9. The van der Waals surface area contributed by atoms with Gasteiger partial charge in [-0.15, -0.1) is 0 Å². The highest BCUT2D eigenvalue weighted by molar-refractivity contribution is 9.10. The molecule has 0 aliphatic carbocycles. The first kappa shape index (κ1) is 15.8. The third-order valence-corrected chi connectivity index (χ3v) is 3.41. The topological polar surface area (TPSA) is 34.1 Å². The molecule has 1 aromatic carbocycles. The molecule has 0 spiro atoms. The minimum Gasteiger partial charge on any atom is -0.473 e. The van der Waals surface area contributed by atoms with Crippen molar-refractivity contribution in [3.8, 4) is 5.88 Å². The van der Waals surface area contributed by atoms with Crippen molar-refractivity contribution in [1.82, 2.24) is 4.98 Å². The molecule has 0 fully saturated rings. The van der Waals surface area contributed by atoms with Crippen LogP contribution in [0.2, 0.25) is 0 Å². The summed E-state index contributed by atoms with van der Waals surface area (Å²) in [6.07, 6.45) is 1.70. The van der Waals surface area contributed by atoms with Crippen LogP contribution in [0.15, 0.2) is 41.0 Å². The van der Waals surface area contributed by atoms with Gasteiger partial charge < -0.3 is 10.1 Å². The molecule has 1 heterocycles. The molecule has 0 radical (unpaired) electrons.